The van der Waals surface area contributed by atoms with Crippen molar-refractivity contribution >= 4 is 106 Å². The fourth-order valence-electron chi connectivity index (χ4n) is 11.1. The number of rotatable bonds is 9. The zero-order valence-corrected chi connectivity index (χ0v) is 62.6. The van der Waals surface area contributed by atoms with Gasteiger partial charge in [0.25, 0.3) is 22.2 Å². The number of aryl methyl sites for hydroxylation is 6. The van der Waals surface area contributed by atoms with Crippen molar-refractivity contribution in [2.75, 3.05) is 54.3 Å². The maximum atomic E-state index is 13.3. The van der Waals surface area contributed by atoms with Crippen molar-refractivity contribution in [1.82, 2.24) is 43.6 Å². The van der Waals surface area contributed by atoms with Crippen LogP contribution >= 0.6 is 31.9 Å². The van der Waals surface area contributed by atoms with E-state index in [0.29, 0.717) is 120 Å². The molecule has 0 bridgehead atoms. The number of ether oxygens (including phenoxy) is 2. The molecule has 0 aliphatic carbocycles. The van der Waals surface area contributed by atoms with Crippen molar-refractivity contribution in [2.45, 2.75) is 130 Å². The molecule has 0 spiro atoms. The van der Waals surface area contributed by atoms with E-state index in [2.05, 4.69) is 106 Å². The molecular weight excluding hydrogens is 1520 g/mol. The molecule has 3 atom stereocenters. The van der Waals surface area contributed by atoms with E-state index in [-0.39, 0.29) is 57.6 Å². The highest BCUT2D eigenvalue weighted by atomic mass is 79.9. The van der Waals surface area contributed by atoms with Crippen LogP contribution in [0.5, 0.6) is 0 Å². The SMILES string of the molecule is CC1(C)OB(C2=CCOCC2)OC1(C)C.C[C@@H](N)c1cc(N)cc(C(F)(F)F)c1.Cc1nc(N[C@H](C)c2cc(N)cc(C(F)(F)F)c2)c2cc(Br)c(=O)n(C)c2n1.Cc1nc(N[C@H](C)c2cc(N)cc(C(F)(F)F)c2)c2cc(C3=CCOCC3)c(=O)n(C)c2n1.Cc1nc2c(cc(Br)c(=O)n2C)c(=O)[nH]1. The summed E-state index contributed by atoms with van der Waals surface area (Å²) in [4.78, 5) is 72.6. The number of fused-ring (bicyclic) bond motifs is 3. The molecule has 1 fully saturated rings. The Hall–Kier alpha value is -9.00. The van der Waals surface area contributed by atoms with Gasteiger partial charge in [-0.05, 0) is 214 Å². The summed E-state index contributed by atoms with van der Waals surface area (Å²) in [7, 11) is 4.63. The fraction of sp³-hybridized carbons (Fsp3) is 0.386. The zero-order valence-electron chi connectivity index (χ0n) is 59.4. The topological polar surface area (TPSA) is 328 Å². The van der Waals surface area contributed by atoms with Crippen LogP contribution in [0.1, 0.15) is 136 Å². The van der Waals surface area contributed by atoms with Crippen LogP contribution in [0.25, 0.3) is 38.7 Å². The second-order valence-corrected chi connectivity index (χ2v) is 27.9. The Morgan fingerprint density at radius 1 is 0.533 bits per heavy atom. The second-order valence-electron chi connectivity index (χ2n) is 26.2. The number of nitrogens with one attached hydrogen (secondary N) is 3. The lowest BCUT2D eigenvalue weighted by Crippen LogP contribution is -2.41. The summed E-state index contributed by atoms with van der Waals surface area (Å²) in [6.07, 6.45) is -7.91. The predicted molar refractivity (Wildman–Crippen MR) is 394 cm³/mol. The lowest BCUT2D eigenvalue weighted by Gasteiger charge is -2.32. The molecule has 0 unspecified atom stereocenters. The number of nitrogen functional groups attached to an aromatic ring is 3. The van der Waals surface area contributed by atoms with Gasteiger partial charge in [0.2, 0.25) is 0 Å². The first-order chi connectivity index (χ1) is 48.7. The smallest absolute Gasteiger partial charge is 0.400 e. The number of alkyl halides is 9. The average molecular weight is 1600 g/mol. The standard InChI is InChI=1S/C23H24F3N5O2.C18H17BrF3N5O.C11H19BO3.C9H8BrN3O2.C9H11F3N2/c1-12(15-8-16(23(24,25)26)10-17(27)9-15)28-20-19-11-18(14-4-6-33-7-5-14)22(32)31(3)21(19)30-13(2)29-20;1-8(10-4-11(18(20,21)22)6-12(23)5-10)24-15-13-7-14(19)17(28)27(3)16(13)26-9(2)25-15;1-10(2)11(3,4)15-12(14-10)9-5-7-13-8-6-9;1-4-11-7-5(8(14)12-4)3-6(10)9(15)13(7)2;1-5(13)6-2-7(9(10,11)12)4-8(14)3-6/h4,8-12H,5-7,27H2,1-3H3,(H,28,29,30);4-8H,23H2,1-3H3,(H,24,25,26);5H,6-8H2,1-4H3;3H,1-2H3,(H,11,12,14);2-5H,13-14H2,1H3/t12-;8-;;;5-/m11..1/s1. The van der Waals surface area contributed by atoms with E-state index in [1.807, 2.05) is 6.08 Å². The number of nitrogens with two attached hydrogens (primary N) is 4. The van der Waals surface area contributed by atoms with E-state index >= 15 is 0 Å². The molecular formula is C70H79BBr2F9N15O8. The number of halogens is 11. The normalized spacial score (nSPS) is 15.9. The molecule has 0 amide bonds. The Bertz CT molecular complexity index is 5060. The van der Waals surface area contributed by atoms with Crippen molar-refractivity contribution < 1.29 is 58.3 Å². The van der Waals surface area contributed by atoms with Crippen LogP contribution in [0.2, 0.25) is 0 Å². The number of pyridine rings is 3. The molecule has 12 rings (SSSR count). The van der Waals surface area contributed by atoms with Gasteiger partial charge in [0.15, 0.2) is 0 Å². The number of aromatic nitrogens is 9. The first-order valence-corrected chi connectivity index (χ1v) is 34.1. The monoisotopic (exact) mass is 1600 g/mol. The Labute approximate surface area is 613 Å². The number of hydrogen-bond donors (Lipinski definition) is 7. The van der Waals surface area contributed by atoms with E-state index in [4.69, 9.17) is 41.7 Å². The van der Waals surface area contributed by atoms with E-state index in [1.165, 1.54) is 43.4 Å². The first kappa shape index (κ1) is 81.7. The van der Waals surface area contributed by atoms with Gasteiger partial charge in [-0.1, -0.05) is 12.2 Å². The molecule has 23 nitrogen and oxygen atoms in total. The minimum atomic E-state index is -4.51. The number of H-pyrrole nitrogens is 1. The maximum absolute atomic E-state index is 13.3. The molecule has 3 aliphatic heterocycles. The highest BCUT2D eigenvalue weighted by molar-refractivity contribution is 9.10. The summed E-state index contributed by atoms with van der Waals surface area (Å²) >= 11 is 6.32. The Kier molecular flexibility index (Phi) is 25.2. The third-order valence-corrected chi connectivity index (χ3v) is 18.6. The Balaban J connectivity index is 0.000000174. The molecule has 562 valence electrons. The van der Waals surface area contributed by atoms with Gasteiger partial charge in [-0.3, -0.25) is 32.9 Å². The van der Waals surface area contributed by atoms with Gasteiger partial charge in [0.1, 0.15) is 46.1 Å². The van der Waals surface area contributed by atoms with Crippen LogP contribution in [0, 0.1) is 20.8 Å². The number of aromatic amines is 1. The largest absolute Gasteiger partial charge is 0.490 e. The summed E-state index contributed by atoms with van der Waals surface area (Å²) in [6, 6.07) is 13.5. The van der Waals surface area contributed by atoms with Gasteiger partial charge in [0, 0.05) is 49.8 Å². The lowest BCUT2D eigenvalue weighted by atomic mass is 9.75. The van der Waals surface area contributed by atoms with E-state index < -0.39 is 53.3 Å². The molecule has 9 heterocycles. The van der Waals surface area contributed by atoms with Gasteiger partial charge in [-0.2, -0.15) is 39.5 Å². The van der Waals surface area contributed by atoms with Crippen molar-refractivity contribution in [3.8, 4) is 0 Å². The molecule has 1 saturated heterocycles. The average Bonchev–Trinajstić information content (AvgIpc) is 1.54. The van der Waals surface area contributed by atoms with Crippen molar-refractivity contribution in [2.24, 2.45) is 26.9 Å². The predicted octanol–water partition coefficient (Wildman–Crippen LogP) is 13.4. The van der Waals surface area contributed by atoms with Gasteiger partial charge in [-0.15, -0.1) is 0 Å². The van der Waals surface area contributed by atoms with E-state index in [0.717, 1.165) is 55.0 Å². The molecule has 6 aromatic heterocycles. The summed E-state index contributed by atoms with van der Waals surface area (Å²) in [5.74, 6) is 2.16. The third-order valence-electron chi connectivity index (χ3n) is 17.5. The highest BCUT2D eigenvalue weighted by Crippen LogP contribution is 2.41. The van der Waals surface area contributed by atoms with Crippen molar-refractivity contribution in [3.05, 3.63) is 197 Å². The number of nitrogens with zero attached hydrogens (tertiary/aromatic N) is 8. The summed E-state index contributed by atoms with van der Waals surface area (Å²) in [5, 5.41) is 7.86. The van der Waals surface area contributed by atoms with Crippen LogP contribution in [-0.2, 0) is 58.5 Å². The number of hydrogen-bond acceptors (Lipinski definition) is 19. The van der Waals surface area contributed by atoms with E-state index in [1.54, 1.807) is 74.8 Å². The summed E-state index contributed by atoms with van der Waals surface area (Å²) in [5.41, 5.74) is 23.6. The minimum Gasteiger partial charge on any atom is -0.400 e. The Morgan fingerprint density at radius 3 is 1.33 bits per heavy atom. The molecule has 11 N–H and O–H groups in total. The van der Waals surface area contributed by atoms with Crippen LogP contribution in [0.15, 0.2) is 119 Å². The zero-order chi connectivity index (χ0) is 77.9. The molecule has 3 aliphatic rings. The first-order valence-electron chi connectivity index (χ1n) is 32.5. The highest BCUT2D eigenvalue weighted by Gasteiger charge is 2.52. The molecule has 35 heteroatoms. The molecule has 9 aromatic rings. The molecule has 0 radical (unpaired) electrons. The summed E-state index contributed by atoms with van der Waals surface area (Å²) < 4.78 is 143. The fourth-order valence-corrected chi connectivity index (χ4v) is 12.1. The minimum absolute atomic E-state index is 0.0207. The summed E-state index contributed by atoms with van der Waals surface area (Å²) in [6.45, 7) is 20.8. The third kappa shape index (κ3) is 19.7. The van der Waals surface area contributed by atoms with Gasteiger partial charge >= 0.3 is 25.6 Å². The molecule has 3 aromatic carbocycles. The van der Waals surface area contributed by atoms with Crippen LogP contribution in [-0.4, -0.2) is 88.4 Å². The quantitative estimate of drug-likeness (QED) is 0.0401. The number of benzene rings is 3. The maximum Gasteiger partial charge on any atom is 0.490 e. The molecule has 105 heavy (non-hydrogen) atoms. The van der Waals surface area contributed by atoms with E-state index in [9.17, 15) is 58.7 Å². The van der Waals surface area contributed by atoms with Gasteiger partial charge in [-0.25, -0.2) is 24.9 Å². The van der Waals surface area contributed by atoms with Crippen molar-refractivity contribution in [1.29, 1.82) is 0 Å². The van der Waals surface area contributed by atoms with Gasteiger partial charge < -0.3 is 57.3 Å². The van der Waals surface area contributed by atoms with Crippen LogP contribution in [0.4, 0.5) is 68.2 Å². The van der Waals surface area contributed by atoms with Crippen LogP contribution in [0.3, 0.4) is 0 Å². The number of anilines is 5. The van der Waals surface area contributed by atoms with Crippen LogP contribution < -0.4 is 55.8 Å². The molecule has 0 saturated carbocycles. The van der Waals surface area contributed by atoms with Crippen molar-refractivity contribution in [3.63, 3.8) is 0 Å². The second kappa shape index (κ2) is 32.4. The Morgan fingerprint density at radius 2 is 0.924 bits per heavy atom. The lowest BCUT2D eigenvalue weighted by molar-refractivity contribution is -0.138. The van der Waals surface area contributed by atoms with Gasteiger partial charge in [0.05, 0.1) is 91.5 Å².